The molecule has 4 nitrogen and oxygen atoms in total. The zero-order valence-corrected chi connectivity index (χ0v) is 21.7. The van der Waals surface area contributed by atoms with Crippen molar-refractivity contribution in [3.8, 4) is 0 Å². The van der Waals surface area contributed by atoms with Crippen LogP contribution in [-0.4, -0.2) is 12.8 Å². The van der Waals surface area contributed by atoms with Crippen molar-refractivity contribution in [1.82, 2.24) is 0 Å². The van der Waals surface area contributed by atoms with Crippen LogP contribution in [0.1, 0.15) is 11.3 Å². The summed E-state index contributed by atoms with van der Waals surface area (Å²) in [4.78, 5) is 14.8. The van der Waals surface area contributed by atoms with Crippen LogP contribution in [0.15, 0.2) is 83.3 Å². The Hall–Kier alpha value is -2.46. The molecule has 0 radical (unpaired) electrons. The molecule has 0 unspecified atom stereocenters. The number of hydrogen-bond donors (Lipinski definition) is 0. The molecule has 0 saturated heterocycles. The summed E-state index contributed by atoms with van der Waals surface area (Å²) in [7, 11) is 3.89. The molecule has 0 amide bonds. The second-order valence-corrected chi connectivity index (χ2v) is 10.3. The molecule has 0 N–H and O–H groups in total. The highest BCUT2D eigenvalue weighted by atomic mass is 127. The third-order valence-corrected chi connectivity index (χ3v) is 7.25. The third-order valence-electron chi connectivity index (χ3n) is 5.91. The summed E-state index contributed by atoms with van der Waals surface area (Å²) in [5, 5.41) is 14.0. The van der Waals surface area contributed by atoms with E-state index in [1.807, 2.05) is 60.0 Å². The lowest BCUT2D eigenvalue weighted by atomic mass is 9.86. The van der Waals surface area contributed by atoms with Crippen LogP contribution in [-0.2, 0) is 11.8 Å². The molecule has 0 atom stereocenters. The zero-order chi connectivity index (χ0) is 22.6. The van der Waals surface area contributed by atoms with Crippen molar-refractivity contribution in [2.24, 2.45) is 7.05 Å². The van der Waals surface area contributed by atoms with Crippen LogP contribution in [0.5, 0.6) is 0 Å². The van der Waals surface area contributed by atoms with Gasteiger partial charge in [-0.05, 0) is 99.3 Å². The average Bonchev–Trinajstić information content (AvgIpc) is 2.78. The number of anilines is 1. The minimum atomic E-state index is -0.208. The Bertz CT molecular complexity index is 1450. The first-order valence-electron chi connectivity index (χ1n) is 10.0. The second kappa shape index (κ2) is 8.15. The quantitative estimate of drug-likeness (QED) is 0.235. The van der Waals surface area contributed by atoms with Gasteiger partial charge in [0.05, 0.1) is 0 Å². The minimum Gasteiger partial charge on any atom is -0.871 e. The van der Waals surface area contributed by atoms with Gasteiger partial charge in [0, 0.05) is 60.3 Å². The molecule has 32 heavy (non-hydrogen) atoms. The van der Waals surface area contributed by atoms with Gasteiger partial charge < -0.3 is 10.0 Å². The van der Waals surface area contributed by atoms with Gasteiger partial charge in [-0.3, -0.25) is 4.79 Å². The molecule has 5 rings (SSSR count). The Morgan fingerprint density at radius 1 is 0.969 bits per heavy atom. The molecule has 2 aromatic carbocycles. The van der Waals surface area contributed by atoms with Gasteiger partial charge in [0.25, 0.3) is 0 Å². The van der Waals surface area contributed by atoms with Crippen LogP contribution < -0.4 is 14.6 Å². The van der Waals surface area contributed by atoms with Crippen molar-refractivity contribution < 1.29 is 14.5 Å². The van der Waals surface area contributed by atoms with E-state index < -0.39 is 0 Å². The normalized spacial score (nSPS) is 18.0. The zero-order valence-electron chi connectivity index (χ0n) is 17.4. The van der Waals surface area contributed by atoms with E-state index in [1.165, 1.54) is 0 Å². The van der Waals surface area contributed by atoms with Gasteiger partial charge in [0.15, 0.2) is 5.78 Å². The SMILES string of the molecule is CN1/C(=C/C2=C([O-])C(=C\c3ccc4cc(I)ccc4[n+]3C)/C2=O)C=Cc2cc(I)ccc21. The molecular formula is C26H18I2N2O2. The molecule has 2 heterocycles. The van der Waals surface area contributed by atoms with Crippen LogP contribution in [0, 0.1) is 7.14 Å². The number of aromatic nitrogens is 1. The molecule has 3 aromatic rings. The molecule has 0 fully saturated rings. The maximum Gasteiger partial charge on any atom is 0.212 e. The smallest absolute Gasteiger partial charge is 0.212 e. The highest BCUT2D eigenvalue weighted by Gasteiger charge is 2.28. The maximum atomic E-state index is 12.8. The molecular weight excluding hydrogens is 626 g/mol. The predicted octanol–water partition coefficient (Wildman–Crippen LogP) is 4.50. The number of pyridine rings is 1. The fourth-order valence-electron chi connectivity index (χ4n) is 4.06. The number of carbonyl (C=O) groups is 1. The first-order chi connectivity index (χ1) is 15.3. The summed E-state index contributed by atoms with van der Waals surface area (Å²) in [5.41, 5.74) is 5.32. The van der Waals surface area contributed by atoms with E-state index in [9.17, 15) is 9.90 Å². The summed E-state index contributed by atoms with van der Waals surface area (Å²) < 4.78 is 4.33. The average molecular weight is 644 g/mol. The van der Waals surface area contributed by atoms with Gasteiger partial charge in [0.2, 0.25) is 11.2 Å². The topological polar surface area (TPSA) is 47.2 Å². The van der Waals surface area contributed by atoms with Crippen molar-refractivity contribution >= 4 is 79.7 Å². The van der Waals surface area contributed by atoms with Gasteiger partial charge in [-0.15, -0.1) is 0 Å². The molecule has 1 aliphatic carbocycles. The lowest BCUT2D eigenvalue weighted by Crippen LogP contribution is -2.35. The number of aryl methyl sites for hydroxylation is 1. The Morgan fingerprint density at radius 2 is 1.72 bits per heavy atom. The molecule has 1 aliphatic heterocycles. The first-order valence-corrected chi connectivity index (χ1v) is 12.2. The van der Waals surface area contributed by atoms with Crippen LogP contribution in [0.4, 0.5) is 5.69 Å². The van der Waals surface area contributed by atoms with Crippen molar-refractivity contribution in [2.45, 2.75) is 0 Å². The van der Waals surface area contributed by atoms with E-state index in [1.54, 1.807) is 12.2 Å². The van der Waals surface area contributed by atoms with Crippen LogP contribution in [0.2, 0.25) is 0 Å². The lowest BCUT2D eigenvalue weighted by Gasteiger charge is -2.31. The highest BCUT2D eigenvalue weighted by molar-refractivity contribution is 14.1. The van der Waals surface area contributed by atoms with Crippen molar-refractivity contribution in [2.75, 3.05) is 11.9 Å². The standard InChI is InChI=1S/C26H18I2N2O2/c1-29-19(7-3-15-11-17(27)5-9-23(15)29)13-21-25(31)22(26(21)32)14-20-8-4-16-12-18(28)6-10-24(16)30(20)2/h3-14H,1-2H3. The van der Waals surface area contributed by atoms with E-state index in [-0.39, 0.29) is 22.7 Å². The summed E-state index contributed by atoms with van der Waals surface area (Å²) in [6.07, 6.45) is 7.35. The lowest BCUT2D eigenvalue weighted by molar-refractivity contribution is -0.646. The summed E-state index contributed by atoms with van der Waals surface area (Å²) in [6.45, 7) is 0. The molecule has 1 aromatic heterocycles. The number of benzene rings is 2. The van der Waals surface area contributed by atoms with Gasteiger partial charge in [-0.2, -0.15) is 4.57 Å². The molecule has 6 heteroatoms. The Labute approximate surface area is 213 Å². The Balaban J connectivity index is 1.49. The summed E-state index contributed by atoms with van der Waals surface area (Å²) in [5.74, 6) is -0.416. The molecule has 0 saturated carbocycles. The fraction of sp³-hybridized carbons (Fsp3) is 0.0769. The fourth-order valence-corrected chi connectivity index (χ4v) is 5.09. The maximum absolute atomic E-state index is 12.8. The second-order valence-electron chi connectivity index (χ2n) is 7.81. The minimum absolute atomic E-state index is 0.208. The number of ketones is 1. The monoisotopic (exact) mass is 644 g/mol. The summed E-state index contributed by atoms with van der Waals surface area (Å²) >= 11 is 4.58. The molecule has 0 bridgehead atoms. The number of allylic oxidation sites excluding steroid dienone is 4. The number of likely N-dealkylation sites (N-methyl/N-ethyl adjacent to an activating group) is 1. The van der Waals surface area contributed by atoms with Gasteiger partial charge in [-0.1, -0.05) is 11.8 Å². The van der Waals surface area contributed by atoms with E-state index in [0.29, 0.717) is 0 Å². The Morgan fingerprint density at radius 3 is 2.50 bits per heavy atom. The van der Waals surface area contributed by atoms with Gasteiger partial charge in [-0.25, -0.2) is 0 Å². The van der Waals surface area contributed by atoms with Crippen molar-refractivity contribution in [3.63, 3.8) is 0 Å². The molecule has 158 valence electrons. The third kappa shape index (κ3) is 3.59. The van der Waals surface area contributed by atoms with Crippen molar-refractivity contribution in [1.29, 1.82) is 0 Å². The van der Waals surface area contributed by atoms with Gasteiger partial charge >= 0.3 is 0 Å². The van der Waals surface area contributed by atoms with E-state index in [4.69, 9.17) is 0 Å². The van der Waals surface area contributed by atoms with Crippen LogP contribution in [0.25, 0.3) is 23.1 Å². The number of hydrogen-bond acceptors (Lipinski definition) is 3. The predicted molar refractivity (Wildman–Crippen MR) is 143 cm³/mol. The highest BCUT2D eigenvalue weighted by Crippen LogP contribution is 2.34. The summed E-state index contributed by atoms with van der Waals surface area (Å²) in [6, 6.07) is 16.4. The molecule has 0 spiro atoms. The van der Waals surface area contributed by atoms with Crippen LogP contribution >= 0.6 is 45.2 Å². The van der Waals surface area contributed by atoms with Crippen LogP contribution in [0.3, 0.4) is 0 Å². The number of halogens is 2. The van der Waals surface area contributed by atoms with E-state index in [0.717, 1.165) is 40.7 Å². The number of rotatable bonds is 2. The largest absolute Gasteiger partial charge is 0.871 e. The molecule has 2 aliphatic rings. The number of nitrogens with zero attached hydrogens (tertiary/aromatic N) is 2. The number of fused-ring (bicyclic) bond motifs is 2. The van der Waals surface area contributed by atoms with Crippen molar-refractivity contribution in [3.05, 3.63) is 102 Å². The van der Waals surface area contributed by atoms with E-state index in [2.05, 4.69) is 69.4 Å². The van der Waals surface area contributed by atoms with E-state index >= 15 is 0 Å². The first kappa shape index (κ1) is 21.4. The number of Topliss-reactive ketones (excluding diaryl/α,β-unsaturated/α-hetero) is 1. The number of carbonyl (C=O) groups excluding carboxylic acids is 1. The Kier molecular flexibility index (Phi) is 5.45. The van der Waals surface area contributed by atoms with Gasteiger partial charge in [0.1, 0.15) is 7.05 Å².